The second-order valence-electron chi connectivity index (χ2n) is 6.01. The molecule has 0 unspecified atom stereocenters. The summed E-state index contributed by atoms with van der Waals surface area (Å²) in [5.41, 5.74) is -0.357. The lowest BCUT2D eigenvalue weighted by atomic mass is 9.83. The molecule has 1 fully saturated rings. The van der Waals surface area contributed by atoms with Gasteiger partial charge in [-0.05, 0) is 31.6 Å². The first-order valence-corrected chi connectivity index (χ1v) is 8.70. The summed E-state index contributed by atoms with van der Waals surface area (Å²) in [6.45, 7) is 6.69. The molecule has 1 saturated heterocycles. The molecule has 2 N–H and O–H groups in total. The number of sulfonamides is 1. The van der Waals surface area contributed by atoms with Gasteiger partial charge >= 0.3 is 0 Å². The SMILES string of the molecule is CC(C)CCCOCC1(CS(N)(=O)=O)CCOCC1. The summed E-state index contributed by atoms with van der Waals surface area (Å²) in [5, 5.41) is 5.20. The van der Waals surface area contributed by atoms with E-state index in [4.69, 9.17) is 14.6 Å². The Morgan fingerprint density at radius 3 is 2.47 bits per heavy atom. The van der Waals surface area contributed by atoms with Crippen molar-refractivity contribution in [3.8, 4) is 0 Å². The van der Waals surface area contributed by atoms with Crippen LogP contribution in [-0.2, 0) is 19.5 Å². The lowest BCUT2D eigenvalue weighted by Crippen LogP contribution is -2.42. The number of nitrogens with two attached hydrogens (primary N) is 1. The maximum atomic E-state index is 11.4. The topological polar surface area (TPSA) is 78.6 Å². The van der Waals surface area contributed by atoms with E-state index in [0.29, 0.717) is 45.2 Å². The Morgan fingerprint density at radius 2 is 1.95 bits per heavy atom. The van der Waals surface area contributed by atoms with E-state index in [-0.39, 0.29) is 11.2 Å². The molecule has 0 aromatic carbocycles. The van der Waals surface area contributed by atoms with Crippen molar-refractivity contribution >= 4 is 10.0 Å². The third-order valence-electron chi connectivity index (χ3n) is 3.54. The third kappa shape index (κ3) is 7.25. The van der Waals surface area contributed by atoms with Gasteiger partial charge in [0, 0.05) is 25.2 Å². The van der Waals surface area contributed by atoms with E-state index in [1.54, 1.807) is 0 Å². The van der Waals surface area contributed by atoms with Gasteiger partial charge in [0.25, 0.3) is 0 Å². The molecule has 0 amide bonds. The minimum Gasteiger partial charge on any atom is -0.381 e. The summed E-state index contributed by atoms with van der Waals surface area (Å²) in [7, 11) is -3.47. The Kier molecular flexibility index (Phi) is 6.73. The molecule has 0 aliphatic carbocycles. The molecule has 1 aliphatic rings. The van der Waals surface area contributed by atoms with Gasteiger partial charge in [-0.15, -0.1) is 0 Å². The quantitative estimate of drug-likeness (QED) is 0.688. The number of primary sulfonamides is 1. The molecule has 5 nitrogen and oxygen atoms in total. The van der Waals surface area contributed by atoms with Crippen LogP contribution in [0.4, 0.5) is 0 Å². The van der Waals surface area contributed by atoms with Crippen LogP contribution < -0.4 is 5.14 Å². The summed E-state index contributed by atoms with van der Waals surface area (Å²) in [4.78, 5) is 0. The fourth-order valence-electron chi connectivity index (χ4n) is 2.44. The molecular weight excluding hydrogens is 266 g/mol. The Hall–Kier alpha value is -0.170. The summed E-state index contributed by atoms with van der Waals surface area (Å²) in [5.74, 6) is 0.665. The zero-order chi connectivity index (χ0) is 14.4. The summed E-state index contributed by atoms with van der Waals surface area (Å²) in [6, 6.07) is 0. The lowest BCUT2D eigenvalue weighted by Gasteiger charge is -2.36. The number of hydrogen-bond acceptors (Lipinski definition) is 4. The van der Waals surface area contributed by atoms with Gasteiger partial charge in [-0.25, -0.2) is 13.6 Å². The largest absolute Gasteiger partial charge is 0.381 e. The van der Waals surface area contributed by atoms with Crippen molar-refractivity contribution < 1.29 is 17.9 Å². The van der Waals surface area contributed by atoms with Gasteiger partial charge in [-0.3, -0.25) is 0 Å². The molecule has 1 heterocycles. The second-order valence-corrected chi connectivity index (χ2v) is 7.62. The monoisotopic (exact) mass is 293 g/mol. The highest BCUT2D eigenvalue weighted by Gasteiger charge is 2.36. The average molecular weight is 293 g/mol. The molecule has 0 spiro atoms. The smallest absolute Gasteiger partial charge is 0.209 e. The third-order valence-corrected chi connectivity index (χ3v) is 4.55. The van der Waals surface area contributed by atoms with Crippen LogP contribution >= 0.6 is 0 Å². The van der Waals surface area contributed by atoms with Crippen molar-refractivity contribution in [2.24, 2.45) is 16.5 Å². The highest BCUT2D eigenvalue weighted by atomic mass is 32.2. The first-order chi connectivity index (χ1) is 8.83. The Balaban J connectivity index is 2.41. The zero-order valence-corrected chi connectivity index (χ0v) is 12.9. The molecule has 0 radical (unpaired) electrons. The van der Waals surface area contributed by atoms with Gasteiger partial charge in [0.05, 0.1) is 12.4 Å². The van der Waals surface area contributed by atoms with Gasteiger partial charge in [0.15, 0.2) is 0 Å². The van der Waals surface area contributed by atoms with E-state index in [1.165, 1.54) is 0 Å². The minimum absolute atomic E-state index is 0.00641. The molecule has 0 saturated carbocycles. The van der Waals surface area contributed by atoms with E-state index in [0.717, 1.165) is 12.8 Å². The van der Waals surface area contributed by atoms with Crippen LogP contribution in [0.1, 0.15) is 39.5 Å². The normalized spacial score (nSPS) is 19.8. The van der Waals surface area contributed by atoms with Gasteiger partial charge < -0.3 is 9.47 Å². The number of ether oxygens (including phenoxy) is 2. The van der Waals surface area contributed by atoms with Crippen molar-refractivity contribution in [3.05, 3.63) is 0 Å². The summed E-state index contributed by atoms with van der Waals surface area (Å²) < 4.78 is 33.7. The van der Waals surface area contributed by atoms with E-state index in [1.807, 2.05) is 0 Å². The fraction of sp³-hybridized carbons (Fsp3) is 1.00. The van der Waals surface area contributed by atoms with Crippen molar-refractivity contribution in [2.45, 2.75) is 39.5 Å². The van der Waals surface area contributed by atoms with Crippen LogP contribution in [0.3, 0.4) is 0 Å². The zero-order valence-electron chi connectivity index (χ0n) is 12.1. The van der Waals surface area contributed by atoms with E-state index in [9.17, 15) is 8.42 Å². The minimum atomic E-state index is -3.47. The average Bonchev–Trinajstić information content (AvgIpc) is 2.27. The molecule has 19 heavy (non-hydrogen) atoms. The van der Waals surface area contributed by atoms with Gasteiger partial charge in [-0.2, -0.15) is 0 Å². The molecule has 0 atom stereocenters. The maximum Gasteiger partial charge on any atom is 0.209 e. The maximum absolute atomic E-state index is 11.4. The van der Waals surface area contributed by atoms with E-state index < -0.39 is 10.0 Å². The standard InChI is InChI=1S/C13H27NO4S/c1-12(2)4-3-7-18-10-13(11-19(14,15)16)5-8-17-9-6-13/h12H,3-11H2,1-2H3,(H2,14,15,16). The molecule has 0 aromatic heterocycles. The van der Waals surface area contributed by atoms with Crippen molar-refractivity contribution in [2.75, 3.05) is 32.2 Å². The van der Waals surface area contributed by atoms with Crippen LogP contribution in [0.15, 0.2) is 0 Å². The fourth-order valence-corrected chi connectivity index (χ4v) is 3.67. The first kappa shape index (κ1) is 16.9. The van der Waals surface area contributed by atoms with Gasteiger partial charge in [0.2, 0.25) is 10.0 Å². The van der Waals surface area contributed by atoms with Crippen molar-refractivity contribution in [1.29, 1.82) is 0 Å². The van der Waals surface area contributed by atoms with Gasteiger partial charge in [-0.1, -0.05) is 13.8 Å². The molecule has 0 bridgehead atoms. The van der Waals surface area contributed by atoms with Crippen LogP contribution in [0.25, 0.3) is 0 Å². The second kappa shape index (κ2) is 7.57. The highest BCUT2D eigenvalue weighted by Crippen LogP contribution is 2.32. The van der Waals surface area contributed by atoms with Crippen molar-refractivity contribution in [3.63, 3.8) is 0 Å². The van der Waals surface area contributed by atoms with Crippen LogP contribution in [0, 0.1) is 11.3 Å². The molecule has 0 aromatic rings. The van der Waals surface area contributed by atoms with Crippen molar-refractivity contribution in [1.82, 2.24) is 0 Å². The Labute approximate surface area is 116 Å². The predicted octanol–water partition coefficient (Wildman–Crippen LogP) is 1.52. The van der Waals surface area contributed by atoms with E-state index in [2.05, 4.69) is 13.8 Å². The van der Waals surface area contributed by atoms with E-state index >= 15 is 0 Å². The molecule has 1 aliphatic heterocycles. The van der Waals surface area contributed by atoms with Gasteiger partial charge in [0.1, 0.15) is 0 Å². The summed E-state index contributed by atoms with van der Waals surface area (Å²) >= 11 is 0. The molecule has 6 heteroatoms. The predicted molar refractivity (Wildman–Crippen MR) is 75.4 cm³/mol. The first-order valence-electron chi connectivity index (χ1n) is 6.99. The Bertz CT molecular complexity index is 348. The summed E-state index contributed by atoms with van der Waals surface area (Å²) in [6.07, 6.45) is 3.55. The van der Waals surface area contributed by atoms with Crippen LogP contribution in [0.2, 0.25) is 0 Å². The highest BCUT2D eigenvalue weighted by molar-refractivity contribution is 7.89. The number of rotatable bonds is 8. The Morgan fingerprint density at radius 1 is 1.32 bits per heavy atom. The molecule has 114 valence electrons. The lowest BCUT2D eigenvalue weighted by molar-refractivity contribution is -0.0288. The molecular formula is C13H27NO4S. The molecule has 1 rings (SSSR count). The van der Waals surface area contributed by atoms with Crippen LogP contribution in [-0.4, -0.2) is 40.6 Å². The number of hydrogen-bond donors (Lipinski definition) is 1. The van der Waals surface area contributed by atoms with Crippen LogP contribution in [0.5, 0.6) is 0 Å².